The zero-order valence-electron chi connectivity index (χ0n) is 21.7. The lowest BCUT2D eigenvalue weighted by Crippen LogP contribution is -2.24. The first-order chi connectivity index (χ1) is 18.1. The highest BCUT2D eigenvalue weighted by atomic mass is 32.2. The molecule has 0 fully saturated rings. The monoisotopic (exact) mass is 530 g/mol. The van der Waals surface area contributed by atoms with Gasteiger partial charge in [0.05, 0.1) is 23.5 Å². The number of nitrogens with zero attached hydrogens (tertiary/aromatic N) is 2. The van der Waals surface area contributed by atoms with Crippen molar-refractivity contribution in [1.29, 1.82) is 0 Å². The molecule has 0 aliphatic heterocycles. The zero-order valence-corrected chi connectivity index (χ0v) is 22.5. The molecule has 1 heterocycles. The van der Waals surface area contributed by atoms with Crippen LogP contribution in [0.15, 0.2) is 71.5 Å². The van der Waals surface area contributed by atoms with Crippen molar-refractivity contribution in [2.45, 2.75) is 26.3 Å². The third-order valence-electron chi connectivity index (χ3n) is 6.09. The number of sulfone groups is 1. The van der Waals surface area contributed by atoms with Crippen LogP contribution >= 0.6 is 0 Å². The topological polar surface area (TPSA) is 87.5 Å². The first-order valence-corrected chi connectivity index (χ1v) is 14.3. The van der Waals surface area contributed by atoms with E-state index in [2.05, 4.69) is 24.8 Å². The molecule has 0 radical (unpaired) electrons. The van der Waals surface area contributed by atoms with E-state index < -0.39 is 9.84 Å². The second-order valence-electron chi connectivity index (χ2n) is 9.40. The maximum atomic E-state index is 13.3. The summed E-state index contributed by atoms with van der Waals surface area (Å²) in [6.07, 6.45) is 6.54. The quantitative estimate of drug-likeness (QED) is 0.277. The van der Waals surface area contributed by atoms with Crippen LogP contribution in [-0.4, -0.2) is 43.2 Å². The Bertz CT molecular complexity index is 1650. The third-order valence-corrected chi connectivity index (χ3v) is 7.00. The molecule has 0 N–H and O–H groups in total. The number of hydrogen-bond donors (Lipinski definition) is 0. The van der Waals surface area contributed by atoms with Crippen LogP contribution in [-0.2, 0) is 16.4 Å². The van der Waals surface area contributed by atoms with E-state index in [1.807, 2.05) is 48.5 Å². The molecule has 4 rings (SSSR count). The Morgan fingerprint density at radius 1 is 1.00 bits per heavy atom. The molecule has 196 valence electrons. The minimum absolute atomic E-state index is 0.0530. The molecule has 0 spiro atoms. The normalized spacial score (nSPS) is 11.4. The number of fused-ring (bicyclic) bond motifs is 1. The van der Waals surface area contributed by atoms with Gasteiger partial charge in [-0.1, -0.05) is 56.2 Å². The molecule has 7 nitrogen and oxygen atoms in total. The number of aromatic nitrogens is 2. The molecule has 1 aromatic heterocycles. The summed E-state index contributed by atoms with van der Waals surface area (Å²) in [5.74, 6) is 3.90. The van der Waals surface area contributed by atoms with Gasteiger partial charge in [0.25, 0.3) is 0 Å². The Morgan fingerprint density at radius 2 is 1.74 bits per heavy atom. The largest absolute Gasteiger partial charge is 0.493 e. The predicted octanol–water partition coefficient (Wildman–Crippen LogP) is 4.67. The number of ether oxygens (including phenoxy) is 2. The highest BCUT2D eigenvalue weighted by Crippen LogP contribution is 2.30. The van der Waals surface area contributed by atoms with E-state index in [9.17, 15) is 13.2 Å². The van der Waals surface area contributed by atoms with E-state index >= 15 is 0 Å². The van der Waals surface area contributed by atoms with E-state index in [4.69, 9.17) is 15.9 Å². The highest BCUT2D eigenvalue weighted by Gasteiger charge is 2.15. The molecule has 3 aromatic carbocycles. The molecule has 0 saturated heterocycles. The number of terminal acetylenes is 1. The molecule has 0 unspecified atom stereocenters. The molecular weight excluding hydrogens is 500 g/mol. The van der Waals surface area contributed by atoms with Crippen LogP contribution in [0.3, 0.4) is 0 Å². The highest BCUT2D eigenvalue weighted by molar-refractivity contribution is 7.90. The second kappa shape index (κ2) is 11.5. The fourth-order valence-corrected chi connectivity index (χ4v) is 4.49. The van der Waals surface area contributed by atoms with Gasteiger partial charge in [-0.15, -0.1) is 6.42 Å². The Hall–Kier alpha value is -4.09. The van der Waals surface area contributed by atoms with Gasteiger partial charge < -0.3 is 9.47 Å². The lowest BCUT2D eigenvalue weighted by molar-refractivity contribution is 0.340. The van der Waals surface area contributed by atoms with Crippen LogP contribution in [0.25, 0.3) is 22.2 Å². The van der Waals surface area contributed by atoms with Crippen molar-refractivity contribution >= 4 is 20.7 Å². The fourth-order valence-electron chi connectivity index (χ4n) is 4.10. The van der Waals surface area contributed by atoms with Gasteiger partial charge in [-0.3, -0.25) is 4.57 Å². The van der Waals surface area contributed by atoms with E-state index in [1.54, 1.807) is 22.8 Å². The van der Waals surface area contributed by atoms with Gasteiger partial charge in [-0.2, -0.15) is 4.98 Å². The molecule has 0 bridgehead atoms. The molecule has 38 heavy (non-hydrogen) atoms. The minimum Gasteiger partial charge on any atom is -0.493 e. The van der Waals surface area contributed by atoms with Gasteiger partial charge in [0.1, 0.15) is 24.7 Å². The van der Waals surface area contributed by atoms with Crippen LogP contribution in [0.5, 0.6) is 11.5 Å². The van der Waals surface area contributed by atoms with Crippen LogP contribution in [0, 0.1) is 12.3 Å². The number of hydrogen-bond acceptors (Lipinski definition) is 6. The average Bonchev–Trinajstić information content (AvgIpc) is 2.88. The summed E-state index contributed by atoms with van der Waals surface area (Å²) in [7, 11) is -3.13. The fraction of sp³-hybridized carbons (Fsp3) is 0.267. The summed E-state index contributed by atoms with van der Waals surface area (Å²) >= 11 is 0. The summed E-state index contributed by atoms with van der Waals surface area (Å²) in [6.45, 7) is 4.69. The van der Waals surface area contributed by atoms with Crippen LogP contribution < -0.4 is 15.2 Å². The summed E-state index contributed by atoms with van der Waals surface area (Å²) in [4.78, 5) is 17.8. The lowest BCUT2D eigenvalue weighted by atomic mass is 9.99. The van der Waals surface area contributed by atoms with Crippen molar-refractivity contribution in [1.82, 2.24) is 9.55 Å². The van der Waals surface area contributed by atoms with Crippen molar-refractivity contribution in [3.05, 3.63) is 88.3 Å². The average molecular weight is 531 g/mol. The number of benzene rings is 3. The number of rotatable bonds is 10. The van der Waals surface area contributed by atoms with Crippen LogP contribution in [0.4, 0.5) is 0 Å². The Labute approximate surface area is 223 Å². The van der Waals surface area contributed by atoms with Gasteiger partial charge in [0.2, 0.25) is 0 Å². The van der Waals surface area contributed by atoms with Gasteiger partial charge in [0, 0.05) is 17.2 Å². The smallest absolute Gasteiger partial charge is 0.348 e. The zero-order chi connectivity index (χ0) is 27.3. The minimum atomic E-state index is -3.13. The third kappa shape index (κ3) is 6.61. The van der Waals surface area contributed by atoms with Crippen molar-refractivity contribution in [3.63, 3.8) is 0 Å². The molecule has 0 atom stereocenters. The predicted molar refractivity (Wildman–Crippen MR) is 151 cm³/mol. The molecule has 8 heteroatoms. The standard InChI is InChI=1S/C30H30N2O5S/c1-5-15-36-26-13-14-28-27(19-26)29(24-11-9-23(10-12-24)21(2)3)31-30(33)32(28)20-22-7-6-8-25(18-22)37-16-17-38(4,34)35/h1,6-14,18-19,21H,15-17,20H2,2-4H3. The SMILES string of the molecule is C#CCOc1ccc2c(c1)c(-c1ccc(C(C)C)cc1)nc(=O)n2Cc1cccc(OCCS(C)(=O)=O)c1. The summed E-state index contributed by atoms with van der Waals surface area (Å²) in [5.41, 5.74) is 3.72. The Balaban J connectivity index is 1.75. The summed E-state index contributed by atoms with van der Waals surface area (Å²) in [6, 6.07) is 20.8. The molecule has 0 aliphatic rings. The maximum absolute atomic E-state index is 13.3. The van der Waals surface area contributed by atoms with E-state index in [0.717, 1.165) is 16.5 Å². The van der Waals surface area contributed by atoms with Gasteiger partial charge in [0.15, 0.2) is 9.84 Å². The first-order valence-electron chi connectivity index (χ1n) is 12.3. The van der Waals surface area contributed by atoms with E-state index in [1.165, 1.54) is 11.8 Å². The van der Waals surface area contributed by atoms with E-state index in [0.29, 0.717) is 28.6 Å². The molecular formula is C30H30N2O5S. The van der Waals surface area contributed by atoms with Crippen LogP contribution in [0.1, 0.15) is 30.9 Å². The first kappa shape index (κ1) is 27.0. The maximum Gasteiger partial charge on any atom is 0.348 e. The molecule has 0 amide bonds. The Kier molecular flexibility index (Phi) is 8.18. The Morgan fingerprint density at radius 3 is 2.42 bits per heavy atom. The van der Waals surface area contributed by atoms with E-state index in [-0.39, 0.29) is 31.2 Å². The second-order valence-corrected chi connectivity index (χ2v) is 11.7. The van der Waals surface area contributed by atoms with Crippen molar-refractivity contribution < 1.29 is 17.9 Å². The van der Waals surface area contributed by atoms with Gasteiger partial charge >= 0.3 is 5.69 Å². The molecule has 4 aromatic rings. The molecule has 0 saturated carbocycles. The lowest BCUT2D eigenvalue weighted by Gasteiger charge is -2.15. The van der Waals surface area contributed by atoms with Gasteiger partial charge in [-0.25, -0.2) is 13.2 Å². The molecule has 0 aliphatic carbocycles. The van der Waals surface area contributed by atoms with Crippen LogP contribution in [0.2, 0.25) is 0 Å². The van der Waals surface area contributed by atoms with Gasteiger partial charge in [-0.05, 0) is 47.4 Å². The van der Waals surface area contributed by atoms with Crippen molar-refractivity contribution in [2.24, 2.45) is 0 Å². The summed E-state index contributed by atoms with van der Waals surface area (Å²) < 4.78 is 35.7. The van der Waals surface area contributed by atoms with Crippen molar-refractivity contribution in [3.8, 4) is 35.1 Å². The summed E-state index contributed by atoms with van der Waals surface area (Å²) in [5, 5.41) is 0.761. The van der Waals surface area contributed by atoms with Crippen molar-refractivity contribution in [2.75, 3.05) is 25.2 Å².